The van der Waals surface area contributed by atoms with Gasteiger partial charge in [-0.05, 0) is 6.92 Å². The lowest BCUT2D eigenvalue weighted by Gasteiger charge is -2.14. The largest absolute Gasteiger partial charge is 0.382 e. The predicted octanol–water partition coefficient (Wildman–Crippen LogP) is -0.0217. The lowest BCUT2D eigenvalue weighted by atomic mass is 10.2. The predicted molar refractivity (Wildman–Crippen MR) is 48.0 cm³/mol. The third-order valence-corrected chi connectivity index (χ3v) is 2.06. The van der Waals surface area contributed by atoms with Crippen LogP contribution in [0.5, 0.6) is 0 Å². The summed E-state index contributed by atoms with van der Waals surface area (Å²) >= 11 is 0. The highest BCUT2D eigenvalue weighted by Gasteiger charge is 2.44. The van der Waals surface area contributed by atoms with Crippen molar-refractivity contribution in [2.75, 3.05) is 27.4 Å². The molecule has 0 bridgehead atoms. The van der Waals surface area contributed by atoms with Gasteiger partial charge in [-0.3, -0.25) is 4.79 Å². The summed E-state index contributed by atoms with van der Waals surface area (Å²) in [5, 5.41) is 0. The van der Waals surface area contributed by atoms with E-state index in [2.05, 4.69) is 0 Å². The van der Waals surface area contributed by atoms with E-state index in [4.69, 9.17) is 18.9 Å². The van der Waals surface area contributed by atoms with E-state index in [9.17, 15) is 4.79 Å². The molecule has 1 saturated heterocycles. The minimum absolute atomic E-state index is 0.254. The third-order valence-electron chi connectivity index (χ3n) is 2.06. The Morgan fingerprint density at radius 2 is 1.64 bits per heavy atom. The molecule has 2 atom stereocenters. The number of hydrogen-bond acceptors (Lipinski definition) is 5. The van der Waals surface area contributed by atoms with Gasteiger partial charge in [0, 0.05) is 14.2 Å². The summed E-state index contributed by atoms with van der Waals surface area (Å²) in [4.78, 5) is 10.7. The van der Waals surface area contributed by atoms with E-state index in [-0.39, 0.29) is 12.2 Å². The van der Waals surface area contributed by atoms with Crippen molar-refractivity contribution in [1.82, 2.24) is 0 Å². The second-order valence-corrected chi connectivity index (χ2v) is 3.36. The highest BCUT2D eigenvalue weighted by Crippen LogP contribution is 2.27. The van der Waals surface area contributed by atoms with Crippen molar-refractivity contribution >= 4 is 6.29 Å². The first-order valence-corrected chi connectivity index (χ1v) is 4.45. The number of carbonyl (C=O) groups is 1. The average molecular weight is 204 g/mol. The molecule has 0 aliphatic carbocycles. The fourth-order valence-corrected chi connectivity index (χ4v) is 1.45. The molecule has 1 fully saturated rings. The number of hydrogen-bond donors (Lipinski definition) is 0. The van der Waals surface area contributed by atoms with Gasteiger partial charge in [-0.15, -0.1) is 0 Å². The molecule has 82 valence electrons. The van der Waals surface area contributed by atoms with Crippen LogP contribution in [0.3, 0.4) is 0 Å². The molecule has 0 aromatic rings. The molecule has 0 aromatic carbocycles. The Hall–Kier alpha value is -0.490. The molecule has 0 aromatic heterocycles. The summed E-state index contributed by atoms with van der Waals surface area (Å²) in [5.74, 6) is -1.16. The maximum Gasteiger partial charge on any atom is 0.223 e. The van der Waals surface area contributed by atoms with Gasteiger partial charge in [0.25, 0.3) is 0 Å². The van der Waals surface area contributed by atoms with Crippen LogP contribution < -0.4 is 0 Å². The first kappa shape index (κ1) is 11.6. The van der Waals surface area contributed by atoms with Gasteiger partial charge in [-0.2, -0.15) is 0 Å². The molecule has 0 spiro atoms. The molecular formula is C9H16O5. The fourth-order valence-electron chi connectivity index (χ4n) is 1.45. The number of rotatable bonds is 5. The Labute approximate surface area is 83.3 Å². The Morgan fingerprint density at radius 1 is 1.21 bits per heavy atom. The zero-order valence-electron chi connectivity index (χ0n) is 8.69. The van der Waals surface area contributed by atoms with Gasteiger partial charge in [-0.1, -0.05) is 0 Å². The first-order chi connectivity index (χ1) is 6.65. The molecule has 1 aliphatic heterocycles. The second-order valence-electron chi connectivity index (χ2n) is 3.36. The Morgan fingerprint density at radius 3 is 1.93 bits per heavy atom. The first-order valence-electron chi connectivity index (χ1n) is 4.45. The van der Waals surface area contributed by atoms with Crippen LogP contribution in [0, 0.1) is 0 Å². The van der Waals surface area contributed by atoms with E-state index in [0.29, 0.717) is 19.5 Å². The summed E-state index contributed by atoms with van der Waals surface area (Å²) in [6.45, 7) is 2.35. The zero-order chi connectivity index (χ0) is 10.6. The summed E-state index contributed by atoms with van der Waals surface area (Å²) in [7, 11) is 3.15. The van der Waals surface area contributed by atoms with Crippen molar-refractivity contribution in [2.24, 2.45) is 0 Å². The summed E-state index contributed by atoms with van der Waals surface area (Å²) in [6.07, 6.45) is 0.135. The molecule has 0 N–H and O–H groups in total. The van der Waals surface area contributed by atoms with Crippen LogP contribution in [0.15, 0.2) is 0 Å². The van der Waals surface area contributed by atoms with E-state index in [1.54, 1.807) is 21.1 Å². The number of methoxy groups -OCH3 is 2. The Bertz CT molecular complexity index is 180. The summed E-state index contributed by atoms with van der Waals surface area (Å²) in [5.41, 5.74) is 0. The molecule has 0 radical (unpaired) electrons. The van der Waals surface area contributed by atoms with Gasteiger partial charge in [-0.25, -0.2) is 0 Å². The number of ether oxygens (including phenoxy) is 4. The molecule has 1 aliphatic rings. The molecule has 14 heavy (non-hydrogen) atoms. The maximum atomic E-state index is 10.7. The van der Waals surface area contributed by atoms with E-state index in [1.807, 2.05) is 0 Å². The Balaban J connectivity index is 2.59. The van der Waals surface area contributed by atoms with Gasteiger partial charge in [0.15, 0.2) is 6.29 Å². The van der Waals surface area contributed by atoms with Gasteiger partial charge < -0.3 is 18.9 Å². The summed E-state index contributed by atoms with van der Waals surface area (Å²) < 4.78 is 20.7. The minimum Gasteiger partial charge on any atom is -0.382 e. The number of carbonyl (C=O) groups excluding carboxylic acids is 1. The monoisotopic (exact) mass is 204 g/mol. The molecule has 0 unspecified atom stereocenters. The van der Waals surface area contributed by atoms with Crippen molar-refractivity contribution in [1.29, 1.82) is 0 Å². The normalized spacial score (nSPS) is 30.5. The highest BCUT2D eigenvalue weighted by molar-refractivity contribution is 5.59. The van der Waals surface area contributed by atoms with Crippen LogP contribution >= 0.6 is 0 Å². The van der Waals surface area contributed by atoms with E-state index in [0.717, 1.165) is 0 Å². The molecule has 1 heterocycles. The van der Waals surface area contributed by atoms with E-state index in [1.165, 1.54) is 0 Å². The van der Waals surface area contributed by atoms with Crippen molar-refractivity contribution in [2.45, 2.75) is 24.9 Å². The van der Waals surface area contributed by atoms with Gasteiger partial charge in [0.1, 0.15) is 12.2 Å². The van der Waals surface area contributed by atoms with Crippen LogP contribution in [0.4, 0.5) is 0 Å². The fraction of sp³-hybridized carbons (Fsp3) is 0.889. The lowest BCUT2D eigenvalue weighted by Crippen LogP contribution is -2.30. The van der Waals surface area contributed by atoms with Crippen LogP contribution in [0.25, 0.3) is 0 Å². The molecule has 0 saturated carbocycles. The summed E-state index contributed by atoms with van der Waals surface area (Å²) in [6, 6.07) is 0. The van der Waals surface area contributed by atoms with Crippen LogP contribution in [0.2, 0.25) is 0 Å². The van der Waals surface area contributed by atoms with Crippen molar-refractivity contribution in [3.05, 3.63) is 0 Å². The lowest BCUT2D eigenvalue weighted by molar-refractivity contribution is -0.171. The van der Waals surface area contributed by atoms with E-state index < -0.39 is 5.79 Å². The maximum absolute atomic E-state index is 10.7. The van der Waals surface area contributed by atoms with Crippen molar-refractivity contribution < 1.29 is 23.7 Å². The zero-order valence-corrected chi connectivity index (χ0v) is 8.69. The van der Waals surface area contributed by atoms with Gasteiger partial charge >= 0.3 is 0 Å². The van der Waals surface area contributed by atoms with Crippen LogP contribution in [-0.2, 0) is 23.7 Å². The smallest absolute Gasteiger partial charge is 0.223 e. The van der Waals surface area contributed by atoms with E-state index >= 15 is 0 Å². The quantitative estimate of drug-likeness (QED) is 0.589. The Kier molecular flexibility index (Phi) is 4.00. The molecule has 0 amide bonds. The molecule has 1 rings (SSSR count). The number of aldehydes is 1. The van der Waals surface area contributed by atoms with Crippen molar-refractivity contribution in [3.63, 3.8) is 0 Å². The van der Waals surface area contributed by atoms with Gasteiger partial charge in [0.2, 0.25) is 5.79 Å². The standard InChI is InChI=1S/C9H16O5/c1-9(6-10)13-7(4-11-2)8(14-9)5-12-3/h6-8H,4-5H2,1-3H3/t7-,8-/m0/s1. The molecule has 5 nitrogen and oxygen atoms in total. The van der Waals surface area contributed by atoms with Crippen LogP contribution in [0.1, 0.15) is 6.92 Å². The van der Waals surface area contributed by atoms with Crippen molar-refractivity contribution in [3.8, 4) is 0 Å². The molecule has 5 heteroatoms. The SMILES string of the molecule is COC[C@@H]1OC(C)(C=O)O[C@H]1COC. The average Bonchev–Trinajstić information content (AvgIpc) is 2.46. The second kappa shape index (κ2) is 4.84. The molecular weight excluding hydrogens is 188 g/mol. The van der Waals surface area contributed by atoms with Gasteiger partial charge in [0.05, 0.1) is 13.2 Å². The van der Waals surface area contributed by atoms with Crippen LogP contribution in [-0.4, -0.2) is 51.7 Å². The topological polar surface area (TPSA) is 54.0 Å². The minimum atomic E-state index is -1.16. The third kappa shape index (κ3) is 2.51. The highest BCUT2D eigenvalue weighted by atomic mass is 16.8.